The van der Waals surface area contributed by atoms with Crippen LogP contribution in [0.4, 0.5) is 27.7 Å². The number of alkyl halides is 1. The Morgan fingerprint density at radius 3 is 2.58 bits per heavy atom. The molecule has 204 valence electrons. The highest BCUT2D eigenvalue weighted by molar-refractivity contribution is 7.91. The topological polar surface area (TPSA) is 112 Å². The highest BCUT2D eigenvalue weighted by Crippen LogP contribution is 2.36. The number of benzene rings is 1. The normalized spacial score (nSPS) is 24.4. The molecule has 2 saturated heterocycles. The van der Waals surface area contributed by atoms with E-state index in [9.17, 15) is 17.9 Å². The van der Waals surface area contributed by atoms with E-state index in [4.69, 9.17) is 0 Å². The van der Waals surface area contributed by atoms with Crippen molar-refractivity contribution in [3.05, 3.63) is 42.2 Å². The highest BCUT2D eigenvalue weighted by Gasteiger charge is 2.38. The second kappa shape index (κ2) is 9.92. The predicted octanol–water partition coefficient (Wildman–Crippen LogP) is 3.81. The maximum absolute atomic E-state index is 14.4. The van der Waals surface area contributed by atoms with Gasteiger partial charge in [-0.05, 0) is 54.8 Å². The van der Waals surface area contributed by atoms with Gasteiger partial charge in [0.15, 0.2) is 9.84 Å². The van der Waals surface area contributed by atoms with Crippen LogP contribution in [0, 0.1) is 0 Å². The lowest BCUT2D eigenvalue weighted by molar-refractivity contribution is -0.0332. The minimum Gasteiger partial charge on any atom is -0.387 e. The lowest BCUT2D eigenvalue weighted by Crippen LogP contribution is -2.52. The fourth-order valence-corrected chi connectivity index (χ4v) is 6.26. The third kappa shape index (κ3) is 5.26. The Bertz CT molecular complexity index is 1450. The molecule has 11 heteroatoms. The van der Waals surface area contributed by atoms with Gasteiger partial charge in [-0.15, -0.1) is 0 Å². The standard InChI is InChI=1S/C27H35FN6O3S/c1-17(2)19-5-6-22(33-11-8-18(15-33)38(4,36)37)21-14-30-25(13-20(19)21)31-24-7-10-29-26(32-24)34-12-9-27(3,35)23(28)16-34/h5-7,10,13-14,17-18,23,35H,8-9,11-12,15-16H2,1-4H3,(H,29,30,31,32)/t18-,23-,27+/m0/s1. The molecule has 3 atom stereocenters. The van der Waals surface area contributed by atoms with Crippen molar-refractivity contribution < 1.29 is 17.9 Å². The summed E-state index contributed by atoms with van der Waals surface area (Å²) in [6.45, 7) is 7.45. The van der Waals surface area contributed by atoms with Crippen LogP contribution in [0.15, 0.2) is 36.7 Å². The average molecular weight is 543 g/mol. The zero-order valence-electron chi connectivity index (χ0n) is 22.2. The maximum atomic E-state index is 14.4. The summed E-state index contributed by atoms with van der Waals surface area (Å²) in [5.41, 5.74) is 0.821. The molecule has 2 N–H and O–H groups in total. The van der Waals surface area contributed by atoms with Crippen LogP contribution in [0.25, 0.3) is 10.8 Å². The maximum Gasteiger partial charge on any atom is 0.227 e. The quantitative estimate of drug-likeness (QED) is 0.480. The van der Waals surface area contributed by atoms with Crippen molar-refractivity contribution in [2.75, 3.05) is 47.6 Å². The van der Waals surface area contributed by atoms with Crippen molar-refractivity contribution in [3.8, 4) is 0 Å². The van der Waals surface area contributed by atoms with Crippen LogP contribution >= 0.6 is 0 Å². The van der Waals surface area contributed by atoms with Gasteiger partial charge in [-0.25, -0.2) is 22.8 Å². The monoisotopic (exact) mass is 542 g/mol. The number of aromatic nitrogens is 3. The van der Waals surface area contributed by atoms with E-state index in [2.05, 4.69) is 51.1 Å². The minimum absolute atomic E-state index is 0.0297. The molecule has 0 radical (unpaired) electrons. The van der Waals surface area contributed by atoms with Crippen molar-refractivity contribution in [2.24, 2.45) is 0 Å². The summed E-state index contributed by atoms with van der Waals surface area (Å²) >= 11 is 0. The molecule has 2 aromatic heterocycles. The Morgan fingerprint density at radius 2 is 1.89 bits per heavy atom. The van der Waals surface area contributed by atoms with E-state index in [0.717, 1.165) is 16.5 Å². The number of halogens is 1. The van der Waals surface area contributed by atoms with Crippen molar-refractivity contribution in [1.29, 1.82) is 0 Å². The van der Waals surface area contributed by atoms with Gasteiger partial charge in [0, 0.05) is 49.4 Å². The lowest BCUT2D eigenvalue weighted by Gasteiger charge is -2.38. The predicted molar refractivity (Wildman–Crippen MR) is 149 cm³/mol. The number of nitrogens with one attached hydrogen (secondary N) is 1. The molecule has 38 heavy (non-hydrogen) atoms. The first-order valence-corrected chi connectivity index (χ1v) is 15.0. The largest absolute Gasteiger partial charge is 0.387 e. The number of anilines is 4. The number of piperidine rings is 1. The third-order valence-electron chi connectivity index (χ3n) is 7.75. The van der Waals surface area contributed by atoms with E-state index in [0.29, 0.717) is 50.1 Å². The van der Waals surface area contributed by atoms with Crippen LogP contribution in [-0.4, -0.2) is 77.9 Å². The van der Waals surface area contributed by atoms with Gasteiger partial charge in [0.1, 0.15) is 17.8 Å². The van der Waals surface area contributed by atoms with Gasteiger partial charge in [-0.2, -0.15) is 4.98 Å². The van der Waals surface area contributed by atoms with Crippen LogP contribution in [-0.2, 0) is 9.84 Å². The zero-order chi connectivity index (χ0) is 27.2. The minimum atomic E-state index is -3.10. The highest BCUT2D eigenvalue weighted by atomic mass is 32.2. The van der Waals surface area contributed by atoms with Crippen LogP contribution < -0.4 is 15.1 Å². The number of fused-ring (bicyclic) bond motifs is 1. The molecule has 2 aliphatic rings. The second-order valence-electron chi connectivity index (χ2n) is 11.0. The fraction of sp³-hybridized carbons (Fsp3) is 0.519. The van der Waals surface area contributed by atoms with Crippen LogP contribution in [0.1, 0.15) is 45.1 Å². The van der Waals surface area contributed by atoms with Gasteiger partial charge >= 0.3 is 0 Å². The van der Waals surface area contributed by atoms with Gasteiger partial charge in [-0.1, -0.05) is 19.9 Å². The molecule has 4 heterocycles. The number of sulfone groups is 1. The Balaban J connectivity index is 1.43. The van der Waals surface area contributed by atoms with Gasteiger partial charge in [-0.3, -0.25) is 0 Å². The van der Waals surface area contributed by atoms with Crippen molar-refractivity contribution >= 4 is 43.9 Å². The summed E-state index contributed by atoms with van der Waals surface area (Å²) in [5.74, 6) is 1.82. The molecular formula is C27H35FN6O3S. The smallest absolute Gasteiger partial charge is 0.227 e. The Morgan fingerprint density at radius 1 is 1.11 bits per heavy atom. The van der Waals surface area contributed by atoms with Crippen molar-refractivity contribution in [3.63, 3.8) is 0 Å². The number of hydrogen-bond donors (Lipinski definition) is 2. The first-order valence-electron chi connectivity index (χ1n) is 13.0. The molecule has 0 unspecified atom stereocenters. The molecule has 1 aromatic carbocycles. The second-order valence-corrected chi connectivity index (χ2v) is 13.3. The zero-order valence-corrected chi connectivity index (χ0v) is 23.0. The van der Waals surface area contributed by atoms with E-state index in [1.807, 2.05) is 12.3 Å². The number of rotatable bonds is 6. The number of aliphatic hydroxyl groups is 1. The van der Waals surface area contributed by atoms with Crippen LogP contribution in [0.3, 0.4) is 0 Å². The van der Waals surface area contributed by atoms with Crippen LogP contribution in [0.2, 0.25) is 0 Å². The molecule has 0 spiro atoms. The van der Waals surface area contributed by atoms with E-state index < -0.39 is 21.6 Å². The lowest BCUT2D eigenvalue weighted by atomic mass is 9.92. The number of hydrogen-bond acceptors (Lipinski definition) is 9. The molecule has 0 bridgehead atoms. The molecular weight excluding hydrogens is 507 g/mol. The first-order chi connectivity index (χ1) is 17.9. The van der Waals surface area contributed by atoms with Gasteiger partial charge in [0.2, 0.25) is 5.95 Å². The fourth-order valence-electron chi connectivity index (χ4n) is 5.27. The molecule has 2 fully saturated rings. The Hall–Kier alpha value is -3.05. The number of nitrogens with zero attached hydrogens (tertiary/aromatic N) is 5. The van der Waals surface area contributed by atoms with E-state index in [-0.39, 0.29) is 17.7 Å². The van der Waals surface area contributed by atoms with Gasteiger partial charge in [0.05, 0.1) is 17.4 Å². The summed E-state index contributed by atoms with van der Waals surface area (Å²) in [5, 5.41) is 15.1. The van der Waals surface area contributed by atoms with Gasteiger partial charge in [0.25, 0.3) is 0 Å². The van der Waals surface area contributed by atoms with E-state index >= 15 is 0 Å². The third-order valence-corrected chi connectivity index (χ3v) is 9.35. The average Bonchev–Trinajstić information content (AvgIpc) is 3.36. The SMILES string of the molecule is CC(C)c1ccc(N2CC[C@H](S(C)(=O)=O)C2)c2cnc(Nc3ccnc(N4CC[C@@](C)(O)[C@@H](F)C4)n3)cc12. The van der Waals surface area contributed by atoms with Crippen LogP contribution in [0.5, 0.6) is 0 Å². The molecule has 2 aliphatic heterocycles. The molecule has 5 rings (SSSR count). The number of pyridine rings is 1. The molecule has 3 aromatic rings. The van der Waals surface area contributed by atoms with Crippen molar-refractivity contribution in [1.82, 2.24) is 15.0 Å². The molecule has 0 amide bonds. The Labute approximate surface area is 223 Å². The van der Waals surface area contributed by atoms with Gasteiger partial charge < -0.3 is 20.2 Å². The van der Waals surface area contributed by atoms with Crippen molar-refractivity contribution in [2.45, 2.75) is 56.6 Å². The Kier molecular flexibility index (Phi) is 6.93. The first kappa shape index (κ1) is 26.6. The summed E-state index contributed by atoms with van der Waals surface area (Å²) in [6, 6.07) is 7.91. The van der Waals surface area contributed by atoms with E-state index in [1.54, 1.807) is 17.2 Å². The molecule has 0 aliphatic carbocycles. The molecule has 9 nitrogen and oxygen atoms in total. The summed E-state index contributed by atoms with van der Waals surface area (Å²) in [7, 11) is -3.10. The summed E-state index contributed by atoms with van der Waals surface area (Å²) < 4.78 is 38.6. The molecule has 0 saturated carbocycles. The summed E-state index contributed by atoms with van der Waals surface area (Å²) in [6.07, 6.45) is 4.29. The van der Waals surface area contributed by atoms with E-state index in [1.165, 1.54) is 18.7 Å². The summed E-state index contributed by atoms with van der Waals surface area (Å²) in [4.78, 5) is 17.4.